The van der Waals surface area contributed by atoms with Crippen molar-refractivity contribution in [2.75, 3.05) is 13.6 Å². The van der Waals surface area contributed by atoms with Gasteiger partial charge in [-0.1, -0.05) is 26.0 Å². The van der Waals surface area contributed by atoms with Crippen LogP contribution in [0.2, 0.25) is 0 Å². The molecule has 2 heterocycles. The zero-order chi connectivity index (χ0) is 21.0. The van der Waals surface area contributed by atoms with E-state index in [0.29, 0.717) is 11.4 Å². The Balaban J connectivity index is 1.51. The Bertz CT molecular complexity index is 1110. The summed E-state index contributed by atoms with van der Waals surface area (Å²) in [7, 11) is -2.04. The molecule has 0 saturated heterocycles. The SMILES string of the molecule is Cc1cc2c(o1)CC(C)(C)C[C@@H]2NC(=O)CN(C)C1=NS(=O)(=O)c2ccccc21. The lowest BCUT2D eigenvalue weighted by Crippen LogP contribution is -2.42. The fourth-order valence-corrected chi connectivity index (χ4v) is 5.46. The second-order valence-electron chi connectivity index (χ2n) is 8.64. The second kappa shape index (κ2) is 6.73. The maximum atomic E-state index is 12.8. The van der Waals surface area contributed by atoms with Gasteiger partial charge in [0.1, 0.15) is 16.4 Å². The summed E-state index contributed by atoms with van der Waals surface area (Å²) < 4.78 is 34.2. The molecule has 4 rings (SSSR count). The molecule has 2 aromatic rings. The number of carbonyl (C=O) groups excluding carboxylic acids is 1. The number of nitrogens with one attached hydrogen (secondary N) is 1. The molecule has 0 unspecified atom stereocenters. The first kappa shape index (κ1) is 19.7. The number of amides is 1. The Morgan fingerprint density at radius 3 is 2.83 bits per heavy atom. The predicted octanol–water partition coefficient (Wildman–Crippen LogP) is 2.80. The molecular weight excluding hydrogens is 390 g/mol. The van der Waals surface area contributed by atoms with Gasteiger partial charge in [0.15, 0.2) is 5.84 Å². The normalized spacial score (nSPS) is 21.1. The Labute approximate surface area is 170 Å². The maximum absolute atomic E-state index is 12.8. The first-order chi connectivity index (χ1) is 13.6. The third kappa shape index (κ3) is 3.69. The number of hydrogen-bond donors (Lipinski definition) is 1. The van der Waals surface area contributed by atoms with E-state index >= 15 is 0 Å². The molecule has 0 fully saturated rings. The van der Waals surface area contributed by atoms with Gasteiger partial charge >= 0.3 is 0 Å². The third-order valence-electron chi connectivity index (χ3n) is 5.43. The minimum absolute atomic E-state index is 0.00574. The molecule has 1 aromatic carbocycles. The lowest BCUT2D eigenvalue weighted by molar-refractivity contribution is -0.122. The number of rotatable bonds is 3. The highest BCUT2D eigenvalue weighted by Gasteiger charge is 2.36. The van der Waals surface area contributed by atoms with E-state index in [1.165, 1.54) is 6.07 Å². The Morgan fingerprint density at radius 2 is 2.07 bits per heavy atom. The first-order valence-corrected chi connectivity index (χ1v) is 11.0. The van der Waals surface area contributed by atoms with E-state index in [0.717, 1.165) is 29.9 Å². The number of aryl methyl sites for hydroxylation is 1. The standard InChI is InChI=1S/C21H25N3O4S/c1-13-9-15-16(10-21(2,3)11-17(15)28-13)22-19(25)12-24(4)20-14-7-5-6-8-18(14)29(26,27)23-20/h5-9,16H,10-12H2,1-4H3,(H,22,25)/t16-/m0/s1. The summed E-state index contributed by atoms with van der Waals surface area (Å²) in [5.74, 6) is 1.87. The number of nitrogens with zero attached hydrogens (tertiary/aromatic N) is 2. The van der Waals surface area contributed by atoms with Crippen LogP contribution in [0.5, 0.6) is 0 Å². The zero-order valence-corrected chi connectivity index (χ0v) is 17.8. The predicted molar refractivity (Wildman–Crippen MR) is 109 cm³/mol. The van der Waals surface area contributed by atoms with Gasteiger partial charge in [-0.25, -0.2) is 0 Å². The van der Waals surface area contributed by atoms with E-state index in [1.807, 2.05) is 13.0 Å². The maximum Gasteiger partial charge on any atom is 0.285 e. The number of sulfonamides is 1. The van der Waals surface area contributed by atoms with Crippen molar-refractivity contribution in [1.29, 1.82) is 0 Å². The van der Waals surface area contributed by atoms with E-state index in [1.54, 1.807) is 30.1 Å². The molecule has 1 aliphatic heterocycles. The fraction of sp³-hybridized carbons (Fsp3) is 0.429. The van der Waals surface area contributed by atoms with Crippen molar-refractivity contribution in [1.82, 2.24) is 10.2 Å². The average molecular weight is 416 g/mol. The molecule has 0 spiro atoms. The summed E-state index contributed by atoms with van der Waals surface area (Å²) in [6.45, 7) is 6.24. The van der Waals surface area contributed by atoms with Crippen LogP contribution in [-0.4, -0.2) is 38.7 Å². The molecule has 1 aliphatic carbocycles. The van der Waals surface area contributed by atoms with Crippen molar-refractivity contribution in [3.63, 3.8) is 0 Å². The van der Waals surface area contributed by atoms with Gasteiger partial charge in [0.2, 0.25) is 5.91 Å². The molecule has 29 heavy (non-hydrogen) atoms. The molecule has 0 bridgehead atoms. The van der Waals surface area contributed by atoms with Crippen LogP contribution in [0.4, 0.5) is 0 Å². The highest BCUT2D eigenvalue weighted by atomic mass is 32.2. The quantitative estimate of drug-likeness (QED) is 0.832. The van der Waals surface area contributed by atoms with Crippen molar-refractivity contribution < 1.29 is 17.6 Å². The number of hydrogen-bond acceptors (Lipinski definition) is 5. The summed E-state index contributed by atoms with van der Waals surface area (Å²) in [5, 5.41) is 3.10. The van der Waals surface area contributed by atoms with Crippen LogP contribution < -0.4 is 5.32 Å². The van der Waals surface area contributed by atoms with Crippen LogP contribution in [0.15, 0.2) is 44.0 Å². The fourth-order valence-electron chi connectivity index (χ4n) is 4.21. The monoisotopic (exact) mass is 415 g/mol. The minimum Gasteiger partial charge on any atom is -0.466 e. The Hall–Kier alpha value is -2.61. The molecule has 1 atom stereocenters. The minimum atomic E-state index is -3.71. The Morgan fingerprint density at radius 1 is 1.34 bits per heavy atom. The van der Waals surface area contributed by atoms with E-state index in [9.17, 15) is 13.2 Å². The highest BCUT2D eigenvalue weighted by Crippen LogP contribution is 2.42. The van der Waals surface area contributed by atoms with E-state index < -0.39 is 10.0 Å². The third-order valence-corrected chi connectivity index (χ3v) is 6.75. The smallest absolute Gasteiger partial charge is 0.285 e. The van der Waals surface area contributed by atoms with E-state index in [4.69, 9.17) is 4.42 Å². The van der Waals surface area contributed by atoms with Crippen LogP contribution in [0.1, 0.15) is 49.0 Å². The first-order valence-electron chi connectivity index (χ1n) is 9.60. The molecule has 0 radical (unpaired) electrons. The van der Waals surface area contributed by atoms with Crippen LogP contribution in [0.25, 0.3) is 0 Å². The number of furan rings is 1. The van der Waals surface area contributed by atoms with Crippen molar-refractivity contribution in [3.8, 4) is 0 Å². The lowest BCUT2D eigenvalue weighted by atomic mass is 9.74. The van der Waals surface area contributed by atoms with Crippen molar-refractivity contribution in [2.24, 2.45) is 9.81 Å². The van der Waals surface area contributed by atoms with Gasteiger partial charge in [0, 0.05) is 24.6 Å². The van der Waals surface area contributed by atoms with Crippen molar-refractivity contribution in [2.45, 2.75) is 44.6 Å². The zero-order valence-electron chi connectivity index (χ0n) is 17.0. The molecule has 1 N–H and O–H groups in total. The molecular formula is C21H25N3O4S. The molecule has 1 aromatic heterocycles. The number of carbonyl (C=O) groups is 1. The van der Waals surface area contributed by atoms with Crippen LogP contribution in [0.3, 0.4) is 0 Å². The van der Waals surface area contributed by atoms with Gasteiger partial charge < -0.3 is 14.6 Å². The summed E-state index contributed by atoms with van der Waals surface area (Å²) >= 11 is 0. The number of fused-ring (bicyclic) bond motifs is 2. The second-order valence-corrected chi connectivity index (χ2v) is 10.2. The van der Waals surface area contributed by atoms with Crippen LogP contribution in [0, 0.1) is 12.3 Å². The Kier molecular flexibility index (Phi) is 4.57. The summed E-state index contributed by atoms with van der Waals surface area (Å²) in [6.07, 6.45) is 1.65. The van der Waals surface area contributed by atoms with E-state index in [2.05, 4.69) is 23.6 Å². The molecule has 2 aliphatic rings. The molecule has 8 heteroatoms. The van der Waals surface area contributed by atoms with Crippen molar-refractivity contribution >= 4 is 21.8 Å². The molecule has 0 saturated carbocycles. The van der Waals surface area contributed by atoms with Gasteiger partial charge in [-0.3, -0.25) is 4.79 Å². The van der Waals surface area contributed by atoms with E-state index in [-0.39, 0.29) is 28.8 Å². The summed E-state index contributed by atoms with van der Waals surface area (Å²) in [4.78, 5) is 14.5. The molecule has 154 valence electrons. The van der Waals surface area contributed by atoms with Crippen LogP contribution in [-0.2, 0) is 21.2 Å². The van der Waals surface area contributed by atoms with Gasteiger partial charge in [-0.05, 0) is 37.0 Å². The highest BCUT2D eigenvalue weighted by molar-refractivity contribution is 7.90. The van der Waals surface area contributed by atoms with Crippen LogP contribution >= 0.6 is 0 Å². The molecule has 7 nitrogen and oxygen atoms in total. The van der Waals surface area contributed by atoms with Gasteiger partial charge in [0.25, 0.3) is 10.0 Å². The summed E-state index contributed by atoms with van der Waals surface area (Å²) in [5.41, 5.74) is 1.57. The largest absolute Gasteiger partial charge is 0.466 e. The topological polar surface area (TPSA) is 92.0 Å². The summed E-state index contributed by atoms with van der Waals surface area (Å²) in [6, 6.07) is 8.52. The number of benzene rings is 1. The lowest BCUT2D eigenvalue weighted by Gasteiger charge is -2.35. The van der Waals surface area contributed by atoms with Gasteiger partial charge in [-0.15, -0.1) is 4.40 Å². The van der Waals surface area contributed by atoms with Gasteiger partial charge in [0.05, 0.1) is 12.6 Å². The number of amidine groups is 1. The average Bonchev–Trinajstić information content (AvgIpc) is 3.11. The van der Waals surface area contributed by atoms with Gasteiger partial charge in [-0.2, -0.15) is 8.42 Å². The molecule has 1 amide bonds. The van der Waals surface area contributed by atoms with Crippen molar-refractivity contribution in [3.05, 3.63) is 53.0 Å². The number of likely N-dealkylation sites (N-methyl/N-ethyl adjacent to an activating group) is 1.